The third-order valence-electron chi connectivity index (χ3n) is 3.61. The van der Waals surface area contributed by atoms with Crippen molar-refractivity contribution in [2.24, 2.45) is 0 Å². The fourth-order valence-corrected chi connectivity index (χ4v) is 3.07. The first-order chi connectivity index (χ1) is 10.1. The molecule has 21 heavy (non-hydrogen) atoms. The summed E-state index contributed by atoms with van der Waals surface area (Å²) >= 11 is 2.30. The van der Waals surface area contributed by atoms with Gasteiger partial charge in [0.1, 0.15) is 5.75 Å². The van der Waals surface area contributed by atoms with Crippen molar-refractivity contribution in [3.05, 3.63) is 69.8 Å². The van der Waals surface area contributed by atoms with Crippen LogP contribution < -0.4 is 5.32 Å². The fraction of sp³-hybridized carbons (Fsp3) is 0.111. The molecule has 0 spiro atoms. The third kappa shape index (κ3) is 2.97. The number of benzene rings is 3. The summed E-state index contributed by atoms with van der Waals surface area (Å²) in [7, 11) is 0. The van der Waals surface area contributed by atoms with Crippen LogP contribution in [0.15, 0.2) is 60.7 Å². The van der Waals surface area contributed by atoms with Crippen LogP contribution >= 0.6 is 22.6 Å². The van der Waals surface area contributed by atoms with E-state index in [4.69, 9.17) is 0 Å². The van der Waals surface area contributed by atoms with Crippen LogP contribution in [0.4, 0.5) is 5.69 Å². The van der Waals surface area contributed by atoms with Crippen LogP contribution in [0.3, 0.4) is 0 Å². The summed E-state index contributed by atoms with van der Waals surface area (Å²) in [5.74, 6) is 0.360. The Morgan fingerprint density at radius 1 is 1.00 bits per heavy atom. The van der Waals surface area contributed by atoms with Gasteiger partial charge in [-0.25, -0.2) is 0 Å². The normalized spacial score (nSPS) is 12.3. The van der Waals surface area contributed by atoms with Crippen LogP contribution in [0.1, 0.15) is 18.5 Å². The number of aromatic hydroxyl groups is 1. The zero-order chi connectivity index (χ0) is 14.8. The summed E-state index contributed by atoms with van der Waals surface area (Å²) in [6.45, 7) is 2.06. The molecule has 0 radical (unpaired) electrons. The van der Waals surface area contributed by atoms with E-state index in [9.17, 15) is 5.11 Å². The monoisotopic (exact) mass is 389 g/mol. The largest absolute Gasteiger partial charge is 0.507 e. The number of hydrogen-bond donors (Lipinski definition) is 2. The summed E-state index contributed by atoms with van der Waals surface area (Å²) in [6, 6.07) is 20.2. The number of nitrogens with one attached hydrogen (secondary N) is 1. The molecule has 2 nitrogen and oxygen atoms in total. The Balaban J connectivity index is 1.94. The number of hydrogen-bond acceptors (Lipinski definition) is 2. The van der Waals surface area contributed by atoms with Gasteiger partial charge in [-0.1, -0.05) is 42.5 Å². The van der Waals surface area contributed by atoms with Gasteiger partial charge in [0.2, 0.25) is 0 Å². The number of halogens is 1. The van der Waals surface area contributed by atoms with E-state index in [0.29, 0.717) is 5.75 Å². The molecule has 1 unspecified atom stereocenters. The SMILES string of the molecule is CC(Nc1cccc(I)c1)c1ccc2ccccc2c1O. The van der Waals surface area contributed by atoms with Gasteiger partial charge in [-0.15, -0.1) is 0 Å². The van der Waals surface area contributed by atoms with Gasteiger partial charge < -0.3 is 10.4 Å². The first-order valence-electron chi connectivity index (χ1n) is 6.88. The molecule has 0 fully saturated rings. The molecule has 0 heterocycles. The average Bonchev–Trinajstić information content (AvgIpc) is 2.48. The maximum atomic E-state index is 10.5. The molecule has 0 bridgehead atoms. The Morgan fingerprint density at radius 2 is 1.81 bits per heavy atom. The van der Waals surface area contributed by atoms with Crippen molar-refractivity contribution in [1.82, 2.24) is 0 Å². The third-order valence-corrected chi connectivity index (χ3v) is 4.28. The number of rotatable bonds is 3. The van der Waals surface area contributed by atoms with Crippen molar-refractivity contribution in [1.29, 1.82) is 0 Å². The van der Waals surface area contributed by atoms with E-state index in [1.165, 1.54) is 3.57 Å². The molecule has 106 valence electrons. The zero-order valence-electron chi connectivity index (χ0n) is 11.7. The molecule has 0 aliphatic rings. The zero-order valence-corrected chi connectivity index (χ0v) is 13.8. The van der Waals surface area contributed by atoms with Crippen molar-refractivity contribution < 1.29 is 5.11 Å². The van der Waals surface area contributed by atoms with E-state index < -0.39 is 0 Å². The molecule has 1 atom stereocenters. The lowest BCUT2D eigenvalue weighted by Crippen LogP contribution is -2.07. The standard InChI is InChI=1S/C18H16INO/c1-12(20-15-7-4-6-14(19)11-15)16-10-9-13-5-2-3-8-17(13)18(16)21/h2-12,20-21H,1H3. The van der Waals surface area contributed by atoms with Crippen LogP contribution in [0.5, 0.6) is 5.75 Å². The molecule has 0 amide bonds. The highest BCUT2D eigenvalue weighted by molar-refractivity contribution is 14.1. The quantitative estimate of drug-likeness (QED) is 0.594. The van der Waals surface area contributed by atoms with Crippen LogP contribution in [0.2, 0.25) is 0 Å². The summed E-state index contributed by atoms with van der Waals surface area (Å²) in [6.07, 6.45) is 0. The van der Waals surface area contributed by atoms with Crippen molar-refractivity contribution >= 4 is 39.1 Å². The van der Waals surface area contributed by atoms with Gasteiger partial charge in [0, 0.05) is 20.2 Å². The summed E-state index contributed by atoms with van der Waals surface area (Å²) in [4.78, 5) is 0. The Labute approximate surface area is 138 Å². The second-order valence-corrected chi connectivity index (χ2v) is 6.35. The summed E-state index contributed by atoms with van der Waals surface area (Å²) in [5.41, 5.74) is 1.97. The smallest absolute Gasteiger partial charge is 0.128 e. The van der Waals surface area contributed by atoms with Crippen LogP contribution in [-0.4, -0.2) is 5.11 Å². The van der Waals surface area contributed by atoms with Gasteiger partial charge >= 0.3 is 0 Å². The lowest BCUT2D eigenvalue weighted by atomic mass is 10.0. The molecule has 3 aromatic carbocycles. The van der Waals surface area contributed by atoms with Crippen molar-refractivity contribution in [2.45, 2.75) is 13.0 Å². The van der Waals surface area contributed by atoms with Gasteiger partial charge in [-0.2, -0.15) is 0 Å². The van der Waals surface area contributed by atoms with E-state index >= 15 is 0 Å². The molecule has 3 aromatic rings. The fourth-order valence-electron chi connectivity index (χ4n) is 2.53. The Morgan fingerprint density at radius 3 is 2.62 bits per heavy atom. The highest BCUT2D eigenvalue weighted by Gasteiger charge is 2.12. The first-order valence-corrected chi connectivity index (χ1v) is 7.96. The van der Waals surface area contributed by atoms with Crippen molar-refractivity contribution in [3.63, 3.8) is 0 Å². The summed E-state index contributed by atoms with van der Waals surface area (Å²) in [5, 5.41) is 15.9. The maximum absolute atomic E-state index is 10.5. The Bertz CT molecular complexity index is 785. The van der Waals surface area contributed by atoms with Crippen molar-refractivity contribution in [3.8, 4) is 5.75 Å². The van der Waals surface area contributed by atoms with Crippen LogP contribution in [0, 0.1) is 3.57 Å². The van der Waals surface area contributed by atoms with E-state index in [-0.39, 0.29) is 6.04 Å². The van der Waals surface area contributed by atoms with Crippen molar-refractivity contribution in [2.75, 3.05) is 5.32 Å². The first kappa shape index (κ1) is 14.2. The molecule has 2 N–H and O–H groups in total. The molecule has 3 rings (SSSR count). The average molecular weight is 389 g/mol. The van der Waals surface area contributed by atoms with Crippen LogP contribution in [-0.2, 0) is 0 Å². The van der Waals surface area contributed by atoms with Gasteiger partial charge in [0.15, 0.2) is 0 Å². The second kappa shape index (κ2) is 5.93. The molecule has 0 aliphatic carbocycles. The minimum atomic E-state index is 0.0350. The van der Waals surface area contributed by atoms with E-state index in [2.05, 4.69) is 53.0 Å². The lowest BCUT2D eigenvalue weighted by molar-refractivity contribution is 0.472. The molecular weight excluding hydrogens is 373 g/mol. The van der Waals surface area contributed by atoms with Gasteiger partial charge in [0.25, 0.3) is 0 Å². The van der Waals surface area contributed by atoms with E-state index in [1.54, 1.807) is 0 Å². The second-order valence-electron chi connectivity index (χ2n) is 5.10. The minimum absolute atomic E-state index is 0.0350. The minimum Gasteiger partial charge on any atom is -0.507 e. The predicted molar refractivity (Wildman–Crippen MR) is 96.8 cm³/mol. The molecule has 0 saturated heterocycles. The number of fused-ring (bicyclic) bond motifs is 1. The lowest BCUT2D eigenvalue weighted by Gasteiger charge is -2.18. The highest BCUT2D eigenvalue weighted by atomic mass is 127. The predicted octanol–water partition coefficient (Wildman–Crippen LogP) is 5.32. The van der Waals surface area contributed by atoms with Gasteiger partial charge in [-0.05, 0) is 53.1 Å². The number of phenolic OH excluding ortho intramolecular Hbond substituents is 1. The van der Waals surface area contributed by atoms with Crippen LogP contribution in [0.25, 0.3) is 10.8 Å². The molecule has 0 aliphatic heterocycles. The molecule has 3 heteroatoms. The Hall–Kier alpha value is -1.75. The Kier molecular flexibility index (Phi) is 4.01. The summed E-state index contributed by atoms with van der Waals surface area (Å²) < 4.78 is 1.19. The van der Waals surface area contributed by atoms with Gasteiger partial charge in [0.05, 0.1) is 6.04 Å². The molecule has 0 aromatic heterocycles. The molecular formula is C18H16INO. The highest BCUT2D eigenvalue weighted by Crippen LogP contribution is 2.33. The number of anilines is 1. The topological polar surface area (TPSA) is 32.3 Å². The number of phenols is 1. The maximum Gasteiger partial charge on any atom is 0.128 e. The van der Waals surface area contributed by atoms with E-state index in [0.717, 1.165) is 22.0 Å². The molecule has 0 saturated carbocycles. The van der Waals surface area contributed by atoms with E-state index in [1.807, 2.05) is 42.5 Å². The van der Waals surface area contributed by atoms with Gasteiger partial charge in [-0.3, -0.25) is 0 Å².